The van der Waals surface area contributed by atoms with Crippen molar-refractivity contribution in [3.63, 3.8) is 0 Å². The van der Waals surface area contributed by atoms with Gasteiger partial charge in [0.15, 0.2) is 0 Å². The summed E-state index contributed by atoms with van der Waals surface area (Å²) in [5, 5.41) is 3.01. The van der Waals surface area contributed by atoms with Crippen LogP contribution in [0.5, 0.6) is 5.75 Å². The number of nitrogens with zero attached hydrogens (tertiary/aromatic N) is 2. The highest BCUT2D eigenvalue weighted by Gasteiger charge is 2.22. The average Bonchev–Trinajstić information content (AvgIpc) is 2.76. The standard InChI is InChI=1S/C25H37N3O2/c1-5-11-22(6-2)24(27(3)4)25(29)26-20-21-12-14-23(15-13-21)30-19-10-18-28-16-8-7-9-17-28/h5-6,11-15,24H,1-2,7-10,16-20H2,3-4H3,(H,26,29)/b22-11+. The van der Waals surface area contributed by atoms with Crippen LogP contribution in [0.1, 0.15) is 31.2 Å². The number of likely N-dealkylation sites (N-methyl/N-ethyl adjacent to an activating group) is 1. The Kier molecular flexibility index (Phi) is 10.4. The molecule has 1 saturated heterocycles. The van der Waals surface area contributed by atoms with Gasteiger partial charge in [-0.2, -0.15) is 0 Å². The molecule has 1 aromatic rings. The Morgan fingerprint density at radius 1 is 1.20 bits per heavy atom. The number of rotatable bonds is 12. The van der Waals surface area contributed by atoms with Crippen molar-refractivity contribution in [3.8, 4) is 5.75 Å². The van der Waals surface area contributed by atoms with E-state index in [1.165, 1.54) is 32.4 Å². The summed E-state index contributed by atoms with van der Waals surface area (Å²) in [5.74, 6) is 0.809. The molecule has 1 aliphatic heterocycles. The maximum absolute atomic E-state index is 12.7. The zero-order valence-corrected chi connectivity index (χ0v) is 18.6. The Morgan fingerprint density at radius 3 is 2.50 bits per heavy atom. The normalized spacial score (nSPS) is 16.2. The SMILES string of the molecule is C=C/C=C(\C=C)C(C(=O)NCc1ccc(OCCCN2CCCCC2)cc1)N(C)C. The van der Waals surface area contributed by atoms with E-state index < -0.39 is 6.04 Å². The lowest BCUT2D eigenvalue weighted by Gasteiger charge is -2.26. The second kappa shape index (κ2) is 13.0. The molecule has 1 fully saturated rings. The van der Waals surface area contributed by atoms with Crippen molar-refractivity contribution >= 4 is 5.91 Å². The Bertz CT molecular complexity index is 704. The van der Waals surface area contributed by atoms with E-state index in [4.69, 9.17) is 4.74 Å². The summed E-state index contributed by atoms with van der Waals surface area (Å²) in [6.45, 7) is 12.3. The zero-order valence-electron chi connectivity index (χ0n) is 18.6. The summed E-state index contributed by atoms with van der Waals surface area (Å²) in [6.07, 6.45) is 10.3. The molecule has 30 heavy (non-hydrogen) atoms. The van der Waals surface area contributed by atoms with E-state index in [0.29, 0.717) is 6.54 Å². The minimum Gasteiger partial charge on any atom is -0.494 e. The summed E-state index contributed by atoms with van der Waals surface area (Å²) < 4.78 is 5.87. The predicted molar refractivity (Wildman–Crippen MR) is 125 cm³/mol. The first-order valence-electron chi connectivity index (χ1n) is 10.9. The number of allylic oxidation sites excluding steroid dienone is 2. The van der Waals surface area contributed by atoms with Crippen LogP contribution in [0.15, 0.2) is 61.2 Å². The number of amides is 1. The van der Waals surface area contributed by atoms with Crippen LogP contribution in [0.2, 0.25) is 0 Å². The molecule has 0 radical (unpaired) electrons. The maximum atomic E-state index is 12.7. The van der Waals surface area contributed by atoms with Crippen LogP contribution < -0.4 is 10.1 Å². The van der Waals surface area contributed by atoms with Crippen LogP contribution in [0.4, 0.5) is 0 Å². The molecule has 1 unspecified atom stereocenters. The highest BCUT2D eigenvalue weighted by Crippen LogP contribution is 2.14. The molecule has 1 aliphatic rings. The van der Waals surface area contributed by atoms with Crippen molar-refractivity contribution in [1.82, 2.24) is 15.1 Å². The summed E-state index contributed by atoms with van der Waals surface area (Å²) >= 11 is 0. The third-order valence-corrected chi connectivity index (χ3v) is 5.35. The molecule has 0 saturated carbocycles. The lowest BCUT2D eigenvalue weighted by molar-refractivity contribution is -0.124. The minimum atomic E-state index is -0.400. The lowest BCUT2D eigenvalue weighted by Crippen LogP contribution is -2.44. The molecule has 2 rings (SSSR count). The van der Waals surface area contributed by atoms with E-state index in [0.717, 1.165) is 36.5 Å². The Hall–Kier alpha value is -2.37. The van der Waals surface area contributed by atoms with Crippen LogP contribution >= 0.6 is 0 Å². The van der Waals surface area contributed by atoms with Crippen molar-refractivity contribution in [2.24, 2.45) is 0 Å². The van der Waals surface area contributed by atoms with Gasteiger partial charge >= 0.3 is 0 Å². The van der Waals surface area contributed by atoms with Crippen LogP contribution in [0, 0.1) is 0 Å². The molecule has 0 bridgehead atoms. The summed E-state index contributed by atoms with van der Waals surface area (Å²) in [6, 6.07) is 7.54. The summed E-state index contributed by atoms with van der Waals surface area (Å²) in [4.78, 5) is 17.1. The van der Waals surface area contributed by atoms with E-state index in [1.54, 1.807) is 12.2 Å². The third kappa shape index (κ3) is 7.81. The first-order valence-corrected chi connectivity index (χ1v) is 10.9. The number of carbonyl (C=O) groups is 1. The monoisotopic (exact) mass is 411 g/mol. The molecule has 1 heterocycles. The number of piperidine rings is 1. The number of hydrogen-bond donors (Lipinski definition) is 1. The summed E-state index contributed by atoms with van der Waals surface area (Å²) in [5.41, 5.74) is 1.86. The first-order chi connectivity index (χ1) is 14.5. The smallest absolute Gasteiger partial charge is 0.242 e. The number of benzene rings is 1. The summed E-state index contributed by atoms with van der Waals surface area (Å²) in [7, 11) is 3.75. The maximum Gasteiger partial charge on any atom is 0.242 e. The molecule has 0 aromatic heterocycles. The molecule has 1 N–H and O–H groups in total. The van der Waals surface area contributed by atoms with E-state index in [1.807, 2.05) is 49.3 Å². The van der Waals surface area contributed by atoms with E-state index in [-0.39, 0.29) is 5.91 Å². The fourth-order valence-electron chi connectivity index (χ4n) is 3.74. The number of ether oxygens (including phenoxy) is 1. The molecule has 164 valence electrons. The van der Waals surface area contributed by atoms with Gasteiger partial charge < -0.3 is 15.0 Å². The number of likely N-dealkylation sites (tertiary alicyclic amines) is 1. The molecule has 5 nitrogen and oxygen atoms in total. The fourth-order valence-corrected chi connectivity index (χ4v) is 3.74. The van der Waals surface area contributed by atoms with Gasteiger partial charge in [0.1, 0.15) is 11.8 Å². The second-order valence-corrected chi connectivity index (χ2v) is 7.94. The van der Waals surface area contributed by atoms with Gasteiger partial charge in [0, 0.05) is 13.1 Å². The zero-order chi connectivity index (χ0) is 21.8. The average molecular weight is 412 g/mol. The molecule has 0 aliphatic carbocycles. The van der Waals surface area contributed by atoms with Crippen LogP contribution in [0.3, 0.4) is 0 Å². The van der Waals surface area contributed by atoms with Crippen molar-refractivity contribution < 1.29 is 9.53 Å². The topological polar surface area (TPSA) is 44.8 Å². The van der Waals surface area contributed by atoms with Crippen molar-refractivity contribution in [2.45, 2.75) is 38.3 Å². The molecule has 1 aromatic carbocycles. The van der Waals surface area contributed by atoms with Crippen molar-refractivity contribution in [2.75, 3.05) is 40.3 Å². The van der Waals surface area contributed by atoms with Crippen LogP contribution in [-0.2, 0) is 11.3 Å². The van der Waals surface area contributed by atoms with E-state index in [2.05, 4.69) is 23.4 Å². The number of nitrogens with one attached hydrogen (secondary N) is 1. The van der Waals surface area contributed by atoms with Gasteiger partial charge in [-0.05, 0) is 69.7 Å². The Labute approximate surface area is 182 Å². The highest BCUT2D eigenvalue weighted by molar-refractivity contribution is 5.85. The van der Waals surface area contributed by atoms with Gasteiger partial charge in [0.2, 0.25) is 5.91 Å². The first kappa shape index (κ1) is 23.9. The fraction of sp³-hybridized carbons (Fsp3) is 0.480. The van der Waals surface area contributed by atoms with E-state index in [9.17, 15) is 4.79 Å². The molecule has 5 heteroatoms. The molecule has 1 atom stereocenters. The third-order valence-electron chi connectivity index (χ3n) is 5.35. The molecule has 1 amide bonds. The van der Waals surface area contributed by atoms with Gasteiger partial charge in [-0.1, -0.05) is 49.9 Å². The largest absolute Gasteiger partial charge is 0.494 e. The highest BCUT2D eigenvalue weighted by atomic mass is 16.5. The van der Waals surface area contributed by atoms with Gasteiger partial charge in [-0.15, -0.1) is 0 Å². The van der Waals surface area contributed by atoms with Crippen LogP contribution in [-0.4, -0.2) is 62.1 Å². The van der Waals surface area contributed by atoms with Crippen LogP contribution in [0.25, 0.3) is 0 Å². The van der Waals surface area contributed by atoms with Gasteiger partial charge in [0.25, 0.3) is 0 Å². The van der Waals surface area contributed by atoms with Gasteiger partial charge in [-0.3, -0.25) is 9.69 Å². The second-order valence-electron chi connectivity index (χ2n) is 7.94. The van der Waals surface area contributed by atoms with Crippen molar-refractivity contribution in [3.05, 3.63) is 66.8 Å². The van der Waals surface area contributed by atoms with Gasteiger partial charge in [0.05, 0.1) is 6.61 Å². The lowest BCUT2D eigenvalue weighted by atomic mass is 10.0. The number of carbonyl (C=O) groups excluding carboxylic acids is 1. The Balaban J connectivity index is 1.77. The minimum absolute atomic E-state index is 0.0639. The van der Waals surface area contributed by atoms with Gasteiger partial charge in [-0.25, -0.2) is 0 Å². The molecule has 0 spiro atoms. The quantitative estimate of drug-likeness (QED) is 0.420. The Morgan fingerprint density at radius 2 is 1.90 bits per heavy atom. The molecular formula is C25H37N3O2. The van der Waals surface area contributed by atoms with E-state index >= 15 is 0 Å². The number of hydrogen-bond acceptors (Lipinski definition) is 4. The predicted octanol–water partition coefficient (Wildman–Crippen LogP) is 3.79. The van der Waals surface area contributed by atoms with Crippen molar-refractivity contribution in [1.29, 1.82) is 0 Å². The molecular weight excluding hydrogens is 374 g/mol.